The summed E-state index contributed by atoms with van der Waals surface area (Å²) >= 11 is 5.56. The largest absolute Gasteiger partial charge is 0.508 e. The number of rotatable bonds is 25. The van der Waals surface area contributed by atoms with Crippen LogP contribution in [-0.4, -0.2) is 42.3 Å². The second-order valence-electron chi connectivity index (χ2n) is 15.0. The second kappa shape index (κ2) is 41.1. The van der Waals surface area contributed by atoms with Gasteiger partial charge in [0.2, 0.25) is 0 Å². The van der Waals surface area contributed by atoms with Crippen molar-refractivity contribution in [1.82, 2.24) is 0 Å². The van der Waals surface area contributed by atoms with Gasteiger partial charge in [0, 0.05) is 24.9 Å². The number of benzene rings is 4. The highest BCUT2D eigenvalue weighted by atomic mass is 35.5. The molecule has 4 aromatic rings. The van der Waals surface area contributed by atoms with Crippen molar-refractivity contribution in [2.75, 3.05) is 19.6 Å². The maximum atomic E-state index is 9.96. The number of halogens is 2. The van der Waals surface area contributed by atoms with Crippen molar-refractivity contribution >= 4 is 47.6 Å². The van der Waals surface area contributed by atoms with E-state index in [2.05, 4.69) is 97.5 Å². The minimum atomic E-state index is -1.00. The summed E-state index contributed by atoms with van der Waals surface area (Å²) in [5.41, 5.74) is 8.33. The zero-order valence-corrected chi connectivity index (χ0v) is 37.9. The topological polar surface area (TPSA) is 65.2 Å². The molecule has 0 spiro atoms. The standard InChI is InChI=1S/C22H27N.C21H25NO.C10H21ClO.CH3F.CH4/c1-3-4-5-6-8-20-12-14-21(15-13-20)9-7-18-23-22-16-10-19(2)11-17-22;1-2-3-4-5-7-18-9-11-19(12-10-18)8-6-17-22-20-13-15-21(23)16-14-20;11-9-7-5-3-1-2-4-6-8-10-12;1-2;/h7,9-18H,3-6,8H2,1-2H3;6,8-17,23H,2-5,7H2,1H3;12H,1-10H2;1H3;1H4/b9-7+,23-18?;8-6+,22-17?;;;/i;;;1D;. The van der Waals surface area contributed by atoms with Crippen molar-refractivity contribution in [3.8, 4) is 5.75 Å². The highest BCUT2D eigenvalue weighted by Crippen LogP contribution is 2.17. The Kier molecular flexibility index (Phi) is 36.8. The molecule has 0 aliphatic carbocycles. The fourth-order valence-corrected chi connectivity index (χ4v) is 6.29. The molecular formula is C55H80ClFN2O2. The van der Waals surface area contributed by atoms with Crippen LogP contribution in [0.25, 0.3) is 12.2 Å². The lowest BCUT2D eigenvalue weighted by atomic mass is 10.0. The van der Waals surface area contributed by atoms with E-state index >= 15 is 0 Å². The van der Waals surface area contributed by atoms with Crippen LogP contribution in [0.4, 0.5) is 15.8 Å². The number of allylic oxidation sites excluding steroid dienone is 2. The van der Waals surface area contributed by atoms with Crippen LogP contribution in [0.15, 0.2) is 119 Å². The van der Waals surface area contributed by atoms with E-state index in [4.69, 9.17) is 18.1 Å². The first-order valence-electron chi connectivity index (χ1n) is 23.1. The molecule has 4 nitrogen and oxygen atoms in total. The minimum absolute atomic E-state index is 0. The van der Waals surface area contributed by atoms with Crippen LogP contribution in [0, 0.1) is 6.92 Å². The summed E-state index contributed by atoms with van der Waals surface area (Å²) in [4.78, 5) is 8.74. The van der Waals surface area contributed by atoms with E-state index in [1.807, 2.05) is 36.6 Å². The molecule has 0 saturated carbocycles. The summed E-state index contributed by atoms with van der Waals surface area (Å²) < 4.78 is 15.5. The molecule has 0 saturated heterocycles. The summed E-state index contributed by atoms with van der Waals surface area (Å²) in [5, 5.41) is 17.7. The van der Waals surface area contributed by atoms with Crippen LogP contribution < -0.4 is 0 Å². The van der Waals surface area contributed by atoms with Crippen LogP contribution in [0.5, 0.6) is 5.75 Å². The van der Waals surface area contributed by atoms with Crippen LogP contribution in [-0.2, 0) is 12.8 Å². The van der Waals surface area contributed by atoms with Gasteiger partial charge in [0.1, 0.15) is 5.75 Å². The number of aliphatic hydroxyl groups is 1. The van der Waals surface area contributed by atoms with E-state index in [1.54, 1.807) is 30.5 Å². The number of nitrogens with zero attached hydrogens (tertiary/aromatic N) is 2. The Balaban J connectivity index is 0.000000906. The maximum Gasteiger partial charge on any atom is 0.115 e. The molecule has 0 radical (unpaired) electrons. The lowest BCUT2D eigenvalue weighted by molar-refractivity contribution is 0.282. The van der Waals surface area contributed by atoms with Gasteiger partial charge in [-0.15, -0.1) is 11.6 Å². The van der Waals surface area contributed by atoms with Gasteiger partial charge in [-0.1, -0.05) is 177 Å². The first-order chi connectivity index (χ1) is 29.9. The fourth-order valence-electron chi connectivity index (χ4n) is 6.11. The number of phenols is 1. The molecule has 0 aromatic heterocycles. The van der Waals surface area contributed by atoms with E-state index in [0.29, 0.717) is 6.61 Å². The van der Waals surface area contributed by atoms with Gasteiger partial charge >= 0.3 is 0 Å². The number of phenolic OH excluding ortho intramolecular Hbond substituents is 1. The van der Waals surface area contributed by atoms with Gasteiger partial charge in [0.25, 0.3) is 0 Å². The van der Waals surface area contributed by atoms with Gasteiger partial charge in [-0.3, -0.25) is 14.4 Å². The number of unbranched alkanes of at least 4 members (excludes halogenated alkanes) is 13. The average molecular weight is 857 g/mol. The SMILES string of the molecule is C.CCCCCCc1ccc(/C=C/C=Nc2ccc(C)cc2)cc1.CCCCCCc1ccc(/C=C/C=Nc2ccc(O)cc2)cc1.OCCCCCCCCCCCl.[2H]CF. The number of aliphatic imine (C=N–C) groups is 2. The van der Waals surface area contributed by atoms with E-state index in [0.717, 1.165) is 30.1 Å². The van der Waals surface area contributed by atoms with E-state index in [1.165, 1.54) is 131 Å². The Hall–Kier alpha value is -4.32. The van der Waals surface area contributed by atoms with Crippen LogP contribution in [0.3, 0.4) is 0 Å². The molecule has 0 aliphatic rings. The van der Waals surface area contributed by atoms with Gasteiger partial charge in [0.15, 0.2) is 0 Å². The predicted octanol–water partition coefficient (Wildman–Crippen LogP) is 17.0. The number of alkyl halides is 2. The average Bonchev–Trinajstić information content (AvgIpc) is 3.28. The second-order valence-corrected chi connectivity index (χ2v) is 15.3. The summed E-state index contributed by atoms with van der Waals surface area (Å²) in [7, 11) is -1.00. The van der Waals surface area contributed by atoms with Crippen molar-refractivity contribution in [1.29, 1.82) is 0 Å². The van der Waals surface area contributed by atoms with Gasteiger partial charge in [0.05, 0.1) is 19.9 Å². The Morgan fingerprint density at radius 3 is 1.33 bits per heavy atom. The third kappa shape index (κ3) is 32.1. The van der Waals surface area contributed by atoms with Gasteiger partial charge in [-0.25, -0.2) is 0 Å². The number of aryl methyl sites for hydroxylation is 3. The molecule has 0 aliphatic heterocycles. The number of aromatic hydroxyl groups is 1. The normalized spacial score (nSPS) is 11.1. The first kappa shape index (κ1) is 54.7. The van der Waals surface area contributed by atoms with Gasteiger partial charge in [-0.05, 0) is 116 Å². The molecule has 4 rings (SSSR count). The number of hydrogen-bond donors (Lipinski definition) is 2. The highest BCUT2D eigenvalue weighted by Gasteiger charge is 1.96. The summed E-state index contributed by atoms with van der Waals surface area (Å²) in [6.07, 6.45) is 34.4. The summed E-state index contributed by atoms with van der Waals surface area (Å²) in [6, 6.07) is 32.6. The van der Waals surface area contributed by atoms with E-state index in [-0.39, 0.29) is 13.2 Å². The summed E-state index contributed by atoms with van der Waals surface area (Å²) in [5.74, 6) is 1.07. The molecule has 0 bridgehead atoms. The van der Waals surface area contributed by atoms with Crippen molar-refractivity contribution in [2.45, 2.75) is 144 Å². The lowest BCUT2D eigenvalue weighted by Gasteiger charge is -2.01. The molecule has 4 aromatic carbocycles. The van der Waals surface area contributed by atoms with Crippen LogP contribution in [0.1, 0.15) is 153 Å². The predicted molar refractivity (Wildman–Crippen MR) is 271 cm³/mol. The maximum absolute atomic E-state index is 9.96. The van der Waals surface area contributed by atoms with E-state index < -0.39 is 7.15 Å². The Bertz CT molecular complexity index is 1560. The zero-order chi connectivity index (χ0) is 44.4. The number of aliphatic hydroxyl groups excluding tert-OH is 1. The number of hydrogen-bond acceptors (Lipinski definition) is 4. The third-order valence-corrected chi connectivity index (χ3v) is 9.99. The molecular weight excluding hydrogens is 775 g/mol. The molecule has 0 unspecified atom stereocenters. The Labute approximate surface area is 378 Å². The molecule has 6 heteroatoms. The molecule has 0 amide bonds. The monoisotopic (exact) mass is 856 g/mol. The molecule has 0 atom stereocenters. The summed E-state index contributed by atoms with van der Waals surface area (Å²) in [6.45, 7) is 6.93. The molecule has 61 heavy (non-hydrogen) atoms. The molecule has 0 heterocycles. The smallest absolute Gasteiger partial charge is 0.115 e. The Morgan fingerprint density at radius 1 is 0.557 bits per heavy atom. The van der Waals surface area contributed by atoms with Crippen molar-refractivity contribution < 1.29 is 16.0 Å². The van der Waals surface area contributed by atoms with E-state index in [9.17, 15) is 9.50 Å². The van der Waals surface area contributed by atoms with Gasteiger partial charge < -0.3 is 10.2 Å². The molecule has 336 valence electrons. The van der Waals surface area contributed by atoms with Crippen molar-refractivity contribution in [3.05, 3.63) is 137 Å². The highest BCUT2D eigenvalue weighted by molar-refractivity contribution is 6.17. The molecule has 2 N–H and O–H groups in total. The first-order valence-corrected chi connectivity index (χ1v) is 22.9. The third-order valence-electron chi connectivity index (χ3n) is 9.72. The van der Waals surface area contributed by atoms with Crippen molar-refractivity contribution in [3.63, 3.8) is 0 Å². The Morgan fingerprint density at radius 2 is 0.934 bits per heavy atom. The van der Waals surface area contributed by atoms with Crippen LogP contribution >= 0.6 is 11.6 Å². The molecule has 0 fully saturated rings. The van der Waals surface area contributed by atoms with Gasteiger partial charge in [-0.2, -0.15) is 0 Å². The zero-order valence-electron chi connectivity index (χ0n) is 38.1. The lowest BCUT2D eigenvalue weighted by Crippen LogP contribution is -1.85. The quantitative estimate of drug-likeness (QED) is 0.0396. The van der Waals surface area contributed by atoms with Crippen molar-refractivity contribution in [2.24, 2.45) is 9.98 Å². The fraction of sp³-hybridized carbons (Fsp3) is 0.455. The van der Waals surface area contributed by atoms with Crippen LogP contribution in [0.2, 0.25) is 0 Å². The minimum Gasteiger partial charge on any atom is -0.508 e.